The minimum Gasteiger partial charge on any atom is -0.445 e. The first kappa shape index (κ1) is 20.3. The van der Waals surface area contributed by atoms with Crippen molar-refractivity contribution in [1.29, 1.82) is 0 Å². The second-order valence-electron chi connectivity index (χ2n) is 7.65. The van der Waals surface area contributed by atoms with Crippen molar-refractivity contribution >= 4 is 5.91 Å². The Hall–Kier alpha value is -2.99. The van der Waals surface area contributed by atoms with E-state index in [1.807, 2.05) is 18.2 Å². The normalized spacial score (nSPS) is 13.3. The van der Waals surface area contributed by atoms with Gasteiger partial charge in [0.15, 0.2) is 5.89 Å². The molecule has 30 heavy (non-hydrogen) atoms. The smallest absolute Gasteiger partial charge is 0.257 e. The maximum Gasteiger partial charge on any atom is 0.257 e. The van der Waals surface area contributed by atoms with Gasteiger partial charge in [0, 0.05) is 19.4 Å². The van der Waals surface area contributed by atoms with Crippen molar-refractivity contribution in [1.82, 2.24) is 9.88 Å². The molecular weight excluding hydrogens is 381 g/mol. The molecule has 0 spiro atoms. The lowest BCUT2D eigenvalue weighted by molar-refractivity contribution is 0.0723. The second kappa shape index (κ2) is 9.22. The van der Waals surface area contributed by atoms with Crippen molar-refractivity contribution in [3.8, 4) is 0 Å². The molecule has 0 atom stereocenters. The van der Waals surface area contributed by atoms with Crippen LogP contribution in [0.15, 0.2) is 52.9 Å². The summed E-state index contributed by atoms with van der Waals surface area (Å²) in [5, 5.41) is 0. The number of nitrogens with zero attached hydrogens (tertiary/aromatic N) is 2. The Balaban J connectivity index is 1.44. The Kier molecular flexibility index (Phi) is 6.23. The number of nitrogens with two attached hydrogens (primary N) is 1. The number of fused-ring (bicyclic) bond motifs is 1. The molecule has 4 rings (SSSR count). The van der Waals surface area contributed by atoms with Crippen LogP contribution in [-0.2, 0) is 32.2 Å². The predicted octanol–water partition coefficient (Wildman–Crippen LogP) is 3.69. The molecule has 0 aliphatic carbocycles. The van der Waals surface area contributed by atoms with Gasteiger partial charge < -0.3 is 15.1 Å². The largest absolute Gasteiger partial charge is 0.445 e. The SMILES string of the molecule is NCCCc1ccc(F)c(C(=O)N2CCc3oc(CCc4ccccc4)nc3C2)c1. The van der Waals surface area contributed by atoms with Crippen LogP contribution in [-0.4, -0.2) is 28.9 Å². The molecule has 0 saturated carbocycles. The fraction of sp³-hybridized carbons (Fsp3) is 0.333. The zero-order valence-electron chi connectivity index (χ0n) is 16.9. The van der Waals surface area contributed by atoms with E-state index in [0.29, 0.717) is 38.4 Å². The highest BCUT2D eigenvalue weighted by molar-refractivity contribution is 5.94. The topological polar surface area (TPSA) is 72.4 Å². The molecule has 0 saturated heterocycles. The monoisotopic (exact) mass is 407 g/mol. The Morgan fingerprint density at radius 3 is 2.73 bits per heavy atom. The van der Waals surface area contributed by atoms with Crippen molar-refractivity contribution in [2.75, 3.05) is 13.1 Å². The van der Waals surface area contributed by atoms with Gasteiger partial charge in [0.2, 0.25) is 0 Å². The van der Waals surface area contributed by atoms with Crippen LogP contribution in [0.25, 0.3) is 0 Å². The van der Waals surface area contributed by atoms with Gasteiger partial charge in [-0.05, 0) is 49.1 Å². The maximum absolute atomic E-state index is 14.4. The first-order valence-electron chi connectivity index (χ1n) is 10.4. The summed E-state index contributed by atoms with van der Waals surface area (Å²) in [4.78, 5) is 19.2. The lowest BCUT2D eigenvalue weighted by atomic mass is 10.0. The summed E-state index contributed by atoms with van der Waals surface area (Å²) >= 11 is 0. The number of benzene rings is 2. The third-order valence-electron chi connectivity index (χ3n) is 5.46. The van der Waals surface area contributed by atoms with E-state index in [1.165, 1.54) is 11.6 Å². The van der Waals surface area contributed by atoms with E-state index < -0.39 is 5.82 Å². The van der Waals surface area contributed by atoms with Crippen LogP contribution in [0.1, 0.15) is 45.3 Å². The molecule has 1 aliphatic rings. The molecule has 3 aromatic rings. The number of hydrogen-bond donors (Lipinski definition) is 1. The van der Waals surface area contributed by atoms with Gasteiger partial charge in [-0.2, -0.15) is 0 Å². The predicted molar refractivity (Wildman–Crippen MR) is 113 cm³/mol. The first-order chi connectivity index (χ1) is 14.6. The van der Waals surface area contributed by atoms with E-state index >= 15 is 0 Å². The van der Waals surface area contributed by atoms with Crippen molar-refractivity contribution in [3.63, 3.8) is 0 Å². The molecule has 1 aliphatic heterocycles. The standard InChI is InChI=1S/C24H26FN3O2/c25-20-10-8-18(7-4-13-26)15-19(20)24(29)28-14-12-22-21(16-28)27-23(30-22)11-9-17-5-2-1-3-6-17/h1-3,5-6,8,10,15H,4,7,9,11-14,16,26H2. The fourth-order valence-corrected chi connectivity index (χ4v) is 3.80. The lowest BCUT2D eigenvalue weighted by Crippen LogP contribution is -2.36. The Labute approximate surface area is 175 Å². The van der Waals surface area contributed by atoms with Gasteiger partial charge in [-0.1, -0.05) is 36.4 Å². The van der Waals surface area contributed by atoms with Crippen LogP contribution in [0.2, 0.25) is 0 Å². The van der Waals surface area contributed by atoms with E-state index in [1.54, 1.807) is 17.0 Å². The zero-order valence-corrected chi connectivity index (χ0v) is 16.9. The minimum absolute atomic E-state index is 0.112. The number of halogens is 1. The Morgan fingerprint density at radius 2 is 1.93 bits per heavy atom. The molecule has 5 nitrogen and oxygen atoms in total. The summed E-state index contributed by atoms with van der Waals surface area (Å²) in [7, 11) is 0. The third-order valence-corrected chi connectivity index (χ3v) is 5.46. The van der Waals surface area contributed by atoms with Gasteiger partial charge >= 0.3 is 0 Å². The van der Waals surface area contributed by atoms with Crippen molar-refractivity contribution < 1.29 is 13.6 Å². The highest BCUT2D eigenvalue weighted by Crippen LogP contribution is 2.23. The van der Waals surface area contributed by atoms with Gasteiger partial charge in [0.05, 0.1) is 12.1 Å². The average Bonchev–Trinajstić information content (AvgIpc) is 3.19. The number of carbonyl (C=O) groups is 1. The molecule has 6 heteroatoms. The van der Waals surface area contributed by atoms with Gasteiger partial charge in [0.25, 0.3) is 5.91 Å². The molecular formula is C24H26FN3O2. The molecule has 0 bridgehead atoms. The third kappa shape index (κ3) is 4.60. The van der Waals surface area contributed by atoms with E-state index in [2.05, 4.69) is 17.1 Å². The molecule has 2 N–H and O–H groups in total. The molecule has 2 aromatic carbocycles. The Morgan fingerprint density at radius 1 is 1.10 bits per heavy atom. The molecule has 2 heterocycles. The number of oxazole rings is 1. The summed E-state index contributed by atoms with van der Waals surface area (Å²) in [6, 6.07) is 14.9. The number of amides is 1. The number of rotatable bonds is 7. The molecule has 0 fully saturated rings. The molecule has 0 unspecified atom stereocenters. The van der Waals surface area contributed by atoms with E-state index in [0.717, 1.165) is 36.3 Å². The zero-order chi connectivity index (χ0) is 20.9. The maximum atomic E-state index is 14.4. The number of hydrogen-bond acceptors (Lipinski definition) is 4. The van der Waals surface area contributed by atoms with Crippen molar-refractivity contribution in [2.24, 2.45) is 5.73 Å². The summed E-state index contributed by atoms with van der Waals surface area (Å²) in [5.41, 5.74) is 8.60. The van der Waals surface area contributed by atoms with Crippen molar-refractivity contribution in [3.05, 3.63) is 88.4 Å². The summed E-state index contributed by atoms with van der Waals surface area (Å²) < 4.78 is 20.3. The number of carbonyl (C=O) groups excluding carboxylic acids is 1. The number of aromatic nitrogens is 1. The van der Waals surface area contributed by atoms with Gasteiger partial charge in [0.1, 0.15) is 17.3 Å². The minimum atomic E-state index is -0.494. The lowest BCUT2D eigenvalue weighted by Gasteiger charge is -2.25. The highest BCUT2D eigenvalue weighted by Gasteiger charge is 2.27. The number of aryl methyl sites for hydroxylation is 3. The van der Waals surface area contributed by atoms with E-state index in [9.17, 15) is 9.18 Å². The van der Waals surface area contributed by atoms with Crippen LogP contribution >= 0.6 is 0 Å². The van der Waals surface area contributed by atoms with E-state index in [4.69, 9.17) is 10.2 Å². The molecule has 0 radical (unpaired) electrons. The fourth-order valence-electron chi connectivity index (χ4n) is 3.80. The summed E-state index contributed by atoms with van der Waals surface area (Å²) in [6.07, 6.45) is 3.69. The van der Waals surface area contributed by atoms with Crippen LogP contribution in [0.3, 0.4) is 0 Å². The molecule has 1 amide bonds. The van der Waals surface area contributed by atoms with Crippen LogP contribution in [0.5, 0.6) is 0 Å². The van der Waals surface area contributed by atoms with E-state index in [-0.39, 0.29) is 11.5 Å². The summed E-state index contributed by atoms with van der Waals surface area (Å²) in [5.74, 6) is 0.722. The van der Waals surface area contributed by atoms with Crippen LogP contribution < -0.4 is 5.73 Å². The highest BCUT2D eigenvalue weighted by atomic mass is 19.1. The van der Waals surface area contributed by atoms with Crippen LogP contribution in [0, 0.1) is 5.82 Å². The average molecular weight is 407 g/mol. The van der Waals surface area contributed by atoms with Gasteiger partial charge in [-0.15, -0.1) is 0 Å². The summed E-state index contributed by atoms with van der Waals surface area (Å²) in [6.45, 7) is 1.40. The van der Waals surface area contributed by atoms with Gasteiger partial charge in [-0.25, -0.2) is 9.37 Å². The first-order valence-corrected chi connectivity index (χ1v) is 10.4. The quantitative estimate of drug-likeness (QED) is 0.648. The Bertz CT molecular complexity index is 1020. The molecule has 1 aromatic heterocycles. The van der Waals surface area contributed by atoms with Gasteiger partial charge in [-0.3, -0.25) is 4.79 Å². The molecule has 156 valence electrons. The second-order valence-corrected chi connectivity index (χ2v) is 7.65. The van der Waals surface area contributed by atoms with Crippen molar-refractivity contribution in [2.45, 2.75) is 38.6 Å². The van der Waals surface area contributed by atoms with Crippen LogP contribution in [0.4, 0.5) is 4.39 Å².